The van der Waals surface area contributed by atoms with E-state index in [0.717, 1.165) is 27.8 Å². The second kappa shape index (κ2) is 10.9. The second-order valence-corrected chi connectivity index (χ2v) is 10.2. The third-order valence-corrected chi connectivity index (χ3v) is 6.86. The summed E-state index contributed by atoms with van der Waals surface area (Å²) in [6, 6.07) is 19.1. The lowest BCUT2D eigenvalue weighted by molar-refractivity contribution is 0.0978. The second-order valence-electron chi connectivity index (χ2n) is 8.61. The van der Waals surface area contributed by atoms with Crippen molar-refractivity contribution in [2.24, 2.45) is 0 Å². The number of aromatic nitrogens is 2. The Hall–Kier alpha value is -4.08. The molecule has 9 heteroatoms. The van der Waals surface area contributed by atoms with E-state index in [1.54, 1.807) is 19.2 Å². The Kier molecular flexibility index (Phi) is 7.66. The normalized spacial score (nSPS) is 11.2. The lowest BCUT2D eigenvalue weighted by atomic mass is 10.1. The maximum Gasteiger partial charge on any atom is 0.281 e. The number of carbonyl (C=O) groups excluding carboxylic acids is 1. The van der Waals surface area contributed by atoms with Crippen LogP contribution in [0.25, 0.3) is 11.3 Å². The van der Waals surface area contributed by atoms with Crippen LogP contribution in [0.15, 0.2) is 78.0 Å². The van der Waals surface area contributed by atoms with E-state index in [1.165, 1.54) is 24.4 Å². The number of carbonyl (C=O) groups is 1. The highest BCUT2D eigenvalue weighted by Gasteiger charge is 2.24. The first-order valence-electron chi connectivity index (χ1n) is 11.5. The summed E-state index contributed by atoms with van der Waals surface area (Å²) < 4.78 is 38.9. The molecule has 2 aromatic heterocycles. The van der Waals surface area contributed by atoms with Crippen LogP contribution in [0, 0.1) is 20.8 Å². The van der Waals surface area contributed by atoms with Crippen molar-refractivity contribution in [1.29, 1.82) is 0 Å². The van der Waals surface area contributed by atoms with Crippen molar-refractivity contribution in [2.45, 2.75) is 32.4 Å². The number of hydrogen-bond acceptors (Lipinski definition) is 7. The van der Waals surface area contributed by atoms with Crippen molar-refractivity contribution in [3.05, 3.63) is 101 Å². The summed E-state index contributed by atoms with van der Waals surface area (Å²) in [6.07, 6.45) is 1.34. The number of ether oxygens (including phenoxy) is 2. The summed E-state index contributed by atoms with van der Waals surface area (Å²) in [4.78, 5) is 21.6. The maximum absolute atomic E-state index is 13.2. The lowest BCUT2D eigenvalue weighted by Crippen LogP contribution is -2.31. The number of amides is 1. The average Bonchev–Trinajstić information content (AvgIpc) is 2.87. The fourth-order valence-electron chi connectivity index (χ4n) is 3.95. The summed E-state index contributed by atoms with van der Waals surface area (Å²) in [5.74, 6) is -0.341. The van der Waals surface area contributed by atoms with Gasteiger partial charge in [-0.15, -0.1) is 0 Å². The monoisotopic (exact) mass is 517 g/mol. The molecule has 37 heavy (non-hydrogen) atoms. The van der Waals surface area contributed by atoms with Gasteiger partial charge in [-0.2, -0.15) is 8.42 Å². The number of nitrogens with one attached hydrogen (secondary N) is 1. The van der Waals surface area contributed by atoms with E-state index in [-0.39, 0.29) is 16.5 Å². The molecule has 0 aliphatic heterocycles. The molecule has 8 nitrogen and oxygen atoms in total. The molecule has 0 saturated carbocycles. The van der Waals surface area contributed by atoms with Gasteiger partial charge in [0.1, 0.15) is 11.3 Å². The largest absolute Gasteiger partial charge is 0.438 e. The van der Waals surface area contributed by atoms with Crippen molar-refractivity contribution in [3.63, 3.8) is 0 Å². The lowest BCUT2D eigenvalue weighted by Gasteiger charge is -2.16. The first kappa shape index (κ1) is 26.0. The third kappa shape index (κ3) is 6.02. The van der Waals surface area contributed by atoms with Crippen molar-refractivity contribution in [1.82, 2.24) is 14.7 Å². The first-order valence-corrected chi connectivity index (χ1v) is 13.0. The Morgan fingerprint density at radius 2 is 1.65 bits per heavy atom. The highest BCUT2D eigenvalue weighted by atomic mass is 32.2. The number of nitrogens with zero attached hydrogens (tertiary/aromatic N) is 2. The Morgan fingerprint density at radius 1 is 0.946 bits per heavy atom. The summed E-state index contributed by atoms with van der Waals surface area (Å²) >= 11 is 0. The van der Waals surface area contributed by atoms with Gasteiger partial charge in [-0.3, -0.25) is 4.79 Å². The average molecular weight is 518 g/mol. The molecule has 0 atom stereocenters. The molecule has 0 aliphatic rings. The van der Waals surface area contributed by atoms with Crippen LogP contribution in [-0.2, 0) is 21.4 Å². The SMILES string of the molecule is COCc1ccc(-c2ccc(C(=O)NS(=O)(=O)c3ccccn3)c(Oc3c(C)cc(C)cc3C)n2)cc1. The number of benzene rings is 2. The number of aryl methyl sites for hydroxylation is 3. The Labute approximate surface area is 216 Å². The van der Waals surface area contributed by atoms with Gasteiger partial charge in [0.25, 0.3) is 15.9 Å². The quantitative estimate of drug-likeness (QED) is 0.345. The van der Waals surface area contributed by atoms with Gasteiger partial charge in [0, 0.05) is 18.9 Å². The number of pyridine rings is 2. The molecular weight excluding hydrogens is 490 g/mol. The van der Waals surface area contributed by atoms with Gasteiger partial charge < -0.3 is 9.47 Å². The van der Waals surface area contributed by atoms with Gasteiger partial charge in [0.2, 0.25) is 5.88 Å². The Morgan fingerprint density at radius 3 is 2.27 bits per heavy atom. The maximum atomic E-state index is 13.2. The number of methoxy groups -OCH3 is 1. The zero-order valence-electron chi connectivity index (χ0n) is 21.0. The third-order valence-electron chi connectivity index (χ3n) is 5.61. The van der Waals surface area contributed by atoms with Crippen LogP contribution >= 0.6 is 0 Å². The molecule has 4 rings (SSSR count). The number of sulfonamides is 1. The predicted molar refractivity (Wildman–Crippen MR) is 140 cm³/mol. The zero-order valence-corrected chi connectivity index (χ0v) is 21.8. The van der Waals surface area contributed by atoms with Crippen LogP contribution in [0.2, 0.25) is 0 Å². The van der Waals surface area contributed by atoms with E-state index < -0.39 is 15.9 Å². The van der Waals surface area contributed by atoms with E-state index in [0.29, 0.717) is 18.1 Å². The molecule has 0 saturated heterocycles. The molecule has 0 aliphatic carbocycles. The van der Waals surface area contributed by atoms with Crippen molar-refractivity contribution >= 4 is 15.9 Å². The molecule has 1 amide bonds. The topological polar surface area (TPSA) is 107 Å². The molecule has 0 unspecified atom stereocenters. The summed E-state index contributed by atoms with van der Waals surface area (Å²) in [5.41, 5.74) is 5.13. The molecule has 2 heterocycles. The fraction of sp³-hybridized carbons (Fsp3) is 0.179. The molecule has 0 fully saturated rings. The molecule has 2 aromatic carbocycles. The summed E-state index contributed by atoms with van der Waals surface area (Å²) in [6.45, 7) is 6.27. The molecule has 0 radical (unpaired) electrons. The van der Waals surface area contributed by atoms with Crippen molar-refractivity contribution in [3.8, 4) is 22.9 Å². The molecule has 0 bridgehead atoms. The van der Waals surface area contributed by atoms with Crippen LogP contribution in [0.3, 0.4) is 0 Å². The highest BCUT2D eigenvalue weighted by molar-refractivity contribution is 7.90. The molecule has 190 valence electrons. The fourth-order valence-corrected chi connectivity index (χ4v) is 4.87. The van der Waals surface area contributed by atoms with Crippen LogP contribution in [0.4, 0.5) is 0 Å². The minimum absolute atomic E-state index is 0.0118. The number of hydrogen-bond donors (Lipinski definition) is 1. The zero-order chi connectivity index (χ0) is 26.6. The van der Waals surface area contributed by atoms with E-state index in [9.17, 15) is 13.2 Å². The van der Waals surface area contributed by atoms with Crippen LogP contribution in [0.1, 0.15) is 32.6 Å². The van der Waals surface area contributed by atoms with Gasteiger partial charge in [-0.05, 0) is 61.7 Å². The standard InChI is InChI=1S/C28H27N3O5S/c1-18-15-19(2)26(20(3)16-18)36-28-23(27(32)31-37(33,34)25-7-5-6-14-29-25)12-13-24(30-28)22-10-8-21(9-11-22)17-35-4/h5-16H,17H2,1-4H3,(H,31,32). The molecule has 4 aromatic rings. The van der Waals surface area contributed by atoms with Gasteiger partial charge in [-0.25, -0.2) is 14.7 Å². The Bertz CT molecular complexity index is 1510. The van der Waals surface area contributed by atoms with E-state index in [1.807, 2.05) is 57.2 Å². The van der Waals surface area contributed by atoms with Crippen LogP contribution in [0.5, 0.6) is 11.6 Å². The number of rotatable bonds is 8. The van der Waals surface area contributed by atoms with Crippen LogP contribution in [-0.4, -0.2) is 31.4 Å². The van der Waals surface area contributed by atoms with Crippen LogP contribution < -0.4 is 9.46 Å². The minimum atomic E-state index is -4.20. The van der Waals surface area contributed by atoms with Gasteiger partial charge >= 0.3 is 0 Å². The highest BCUT2D eigenvalue weighted by Crippen LogP contribution is 2.32. The summed E-state index contributed by atoms with van der Waals surface area (Å²) in [5, 5.41) is -0.267. The first-order chi connectivity index (χ1) is 17.7. The molecule has 0 spiro atoms. The van der Waals surface area contributed by atoms with Gasteiger partial charge in [0.05, 0.1) is 12.3 Å². The van der Waals surface area contributed by atoms with Crippen molar-refractivity contribution < 1.29 is 22.7 Å². The predicted octanol–water partition coefficient (Wildman–Crippen LogP) is 5.13. The van der Waals surface area contributed by atoms with E-state index in [4.69, 9.17) is 9.47 Å². The van der Waals surface area contributed by atoms with E-state index >= 15 is 0 Å². The molecular formula is C28H27N3O5S. The van der Waals surface area contributed by atoms with Crippen molar-refractivity contribution in [2.75, 3.05) is 7.11 Å². The Balaban J connectivity index is 1.75. The molecule has 1 N–H and O–H groups in total. The smallest absolute Gasteiger partial charge is 0.281 e. The summed E-state index contributed by atoms with van der Waals surface area (Å²) in [7, 11) is -2.57. The minimum Gasteiger partial charge on any atom is -0.438 e. The van der Waals surface area contributed by atoms with Gasteiger partial charge in [0.15, 0.2) is 5.03 Å². The van der Waals surface area contributed by atoms with Gasteiger partial charge in [-0.1, -0.05) is 48.0 Å². The van der Waals surface area contributed by atoms with E-state index in [2.05, 4.69) is 14.7 Å².